The topological polar surface area (TPSA) is 24.5 Å². The molecular formula is C12H24N2O. The van der Waals surface area contributed by atoms with E-state index < -0.39 is 0 Å². The summed E-state index contributed by atoms with van der Waals surface area (Å²) in [4.78, 5) is 2.51. The Hall–Kier alpha value is -0.120. The predicted octanol–water partition coefficient (Wildman–Crippen LogP) is 1.24. The van der Waals surface area contributed by atoms with Crippen LogP contribution in [0.3, 0.4) is 0 Å². The standard InChI is InChI=1S/C12H24N2O/c1-9(14(3)11-4-5-11)8-13-12-6-7-15-10(12)2/h9-13H,4-8H2,1-3H3. The summed E-state index contributed by atoms with van der Waals surface area (Å²) in [7, 11) is 2.25. The highest BCUT2D eigenvalue weighted by Crippen LogP contribution is 2.26. The first-order valence-corrected chi connectivity index (χ1v) is 6.25. The van der Waals surface area contributed by atoms with Crippen LogP contribution in [0.4, 0.5) is 0 Å². The third-order valence-corrected chi connectivity index (χ3v) is 3.87. The van der Waals surface area contributed by atoms with Gasteiger partial charge >= 0.3 is 0 Å². The fraction of sp³-hybridized carbons (Fsp3) is 1.00. The van der Waals surface area contributed by atoms with Crippen LogP contribution in [0.5, 0.6) is 0 Å². The van der Waals surface area contributed by atoms with Gasteiger partial charge in [-0.15, -0.1) is 0 Å². The Balaban J connectivity index is 1.67. The van der Waals surface area contributed by atoms with Crippen molar-refractivity contribution >= 4 is 0 Å². The number of ether oxygens (including phenoxy) is 1. The van der Waals surface area contributed by atoms with Crippen LogP contribution < -0.4 is 5.32 Å². The maximum atomic E-state index is 5.54. The Morgan fingerprint density at radius 3 is 2.67 bits per heavy atom. The Kier molecular flexibility index (Phi) is 3.65. The summed E-state index contributed by atoms with van der Waals surface area (Å²) >= 11 is 0. The van der Waals surface area contributed by atoms with Gasteiger partial charge in [-0.1, -0.05) is 0 Å². The van der Waals surface area contributed by atoms with E-state index in [4.69, 9.17) is 4.74 Å². The predicted molar refractivity (Wildman–Crippen MR) is 62.1 cm³/mol. The molecule has 1 saturated heterocycles. The summed E-state index contributed by atoms with van der Waals surface area (Å²) in [6.45, 7) is 6.49. The fourth-order valence-electron chi connectivity index (χ4n) is 2.31. The van der Waals surface area contributed by atoms with Crippen molar-refractivity contribution in [3.05, 3.63) is 0 Å². The third kappa shape index (κ3) is 2.92. The van der Waals surface area contributed by atoms with Crippen molar-refractivity contribution in [1.82, 2.24) is 10.2 Å². The van der Waals surface area contributed by atoms with Crippen LogP contribution >= 0.6 is 0 Å². The number of rotatable bonds is 5. The van der Waals surface area contributed by atoms with Crippen LogP contribution in [-0.2, 0) is 4.74 Å². The summed E-state index contributed by atoms with van der Waals surface area (Å²) in [5, 5.41) is 3.63. The van der Waals surface area contributed by atoms with Gasteiger partial charge < -0.3 is 10.1 Å². The molecule has 1 saturated carbocycles. The second-order valence-corrected chi connectivity index (χ2v) is 5.12. The smallest absolute Gasteiger partial charge is 0.0700 e. The van der Waals surface area contributed by atoms with Crippen molar-refractivity contribution in [2.75, 3.05) is 20.2 Å². The summed E-state index contributed by atoms with van der Waals surface area (Å²) in [6, 6.07) is 2.07. The Labute approximate surface area is 93.2 Å². The van der Waals surface area contributed by atoms with Gasteiger partial charge in [-0.3, -0.25) is 4.90 Å². The highest BCUT2D eigenvalue weighted by atomic mass is 16.5. The maximum absolute atomic E-state index is 5.54. The Bertz CT molecular complexity index is 206. The first-order valence-electron chi connectivity index (χ1n) is 6.25. The zero-order chi connectivity index (χ0) is 10.8. The highest BCUT2D eigenvalue weighted by Gasteiger charge is 2.30. The van der Waals surface area contributed by atoms with Crippen LogP contribution in [0, 0.1) is 0 Å². The van der Waals surface area contributed by atoms with E-state index in [9.17, 15) is 0 Å². The molecule has 2 fully saturated rings. The third-order valence-electron chi connectivity index (χ3n) is 3.87. The van der Waals surface area contributed by atoms with Gasteiger partial charge in [-0.05, 0) is 40.2 Å². The monoisotopic (exact) mass is 212 g/mol. The molecule has 0 aromatic heterocycles. The molecular weight excluding hydrogens is 188 g/mol. The van der Waals surface area contributed by atoms with Crippen molar-refractivity contribution < 1.29 is 4.74 Å². The lowest BCUT2D eigenvalue weighted by atomic mass is 10.1. The quantitative estimate of drug-likeness (QED) is 0.742. The van der Waals surface area contributed by atoms with E-state index in [1.165, 1.54) is 19.3 Å². The van der Waals surface area contributed by atoms with Crippen molar-refractivity contribution in [3.8, 4) is 0 Å². The molecule has 0 aromatic rings. The summed E-state index contributed by atoms with van der Waals surface area (Å²) in [5.41, 5.74) is 0. The summed E-state index contributed by atoms with van der Waals surface area (Å²) in [6.07, 6.45) is 4.35. The second kappa shape index (κ2) is 4.81. The second-order valence-electron chi connectivity index (χ2n) is 5.12. The van der Waals surface area contributed by atoms with Gasteiger partial charge in [0.25, 0.3) is 0 Å². The fourth-order valence-corrected chi connectivity index (χ4v) is 2.31. The first-order chi connectivity index (χ1) is 7.18. The number of hydrogen-bond acceptors (Lipinski definition) is 3. The van der Waals surface area contributed by atoms with Gasteiger partial charge in [0.05, 0.1) is 6.10 Å². The molecule has 15 heavy (non-hydrogen) atoms. The lowest BCUT2D eigenvalue weighted by Crippen LogP contribution is -2.44. The van der Waals surface area contributed by atoms with Gasteiger partial charge in [-0.25, -0.2) is 0 Å². The molecule has 3 unspecified atom stereocenters. The van der Waals surface area contributed by atoms with E-state index >= 15 is 0 Å². The zero-order valence-electron chi connectivity index (χ0n) is 10.2. The van der Waals surface area contributed by atoms with Gasteiger partial charge in [0, 0.05) is 31.3 Å². The lowest BCUT2D eigenvalue weighted by molar-refractivity contribution is 0.111. The van der Waals surface area contributed by atoms with Crippen molar-refractivity contribution in [3.63, 3.8) is 0 Å². The van der Waals surface area contributed by atoms with Crippen molar-refractivity contribution in [2.45, 2.75) is 57.3 Å². The molecule has 3 atom stereocenters. The van der Waals surface area contributed by atoms with E-state index in [1.54, 1.807) is 0 Å². The number of likely N-dealkylation sites (N-methyl/N-ethyl adjacent to an activating group) is 1. The largest absolute Gasteiger partial charge is 0.377 e. The molecule has 0 radical (unpaired) electrons. The van der Waals surface area contributed by atoms with Gasteiger partial charge in [0.15, 0.2) is 0 Å². The van der Waals surface area contributed by atoms with E-state index in [2.05, 4.69) is 31.1 Å². The molecule has 1 aliphatic heterocycles. The highest BCUT2D eigenvalue weighted by molar-refractivity contribution is 4.87. The average Bonchev–Trinajstić information content (AvgIpc) is 2.99. The molecule has 2 aliphatic rings. The maximum Gasteiger partial charge on any atom is 0.0700 e. The minimum absolute atomic E-state index is 0.392. The molecule has 2 rings (SSSR count). The number of hydrogen-bond donors (Lipinski definition) is 1. The minimum atomic E-state index is 0.392. The average molecular weight is 212 g/mol. The zero-order valence-corrected chi connectivity index (χ0v) is 10.2. The van der Waals surface area contributed by atoms with E-state index in [-0.39, 0.29) is 0 Å². The molecule has 1 N–H and O–H groups in total. The molecule has 1 heterocycles. The summed E-state index contributed by atoms with van der Waals surface area (Å²) in [5.74, 6) is 0. The molecule has 88 valence electrons. The van der Waals surface area contributed by atoms with E-state index in [0.717, 1.165) is 19.2 Å². The molecule has 3 heteroatoms. The normalized spacial score (nSPS) is 33.6. The molecule has 0 bridgehead atoms. The van der Waals surface area contributed by atoms with Crippen molar-refractivity contribution in [1.29, 1.82) is 0 Å². The van der Waals surface area contributed by atoms with Crippen LogP contribution in [0.25, 0.3) is 0 Å². The SMILES string of the molecule is CC1OCCC1NCC(C)N(C)C1CC1. The Morgan fingerprint density at radius 2 is 2.13 bits per heavy atom. The molecule has 3 nitrogen and oxygen atoms in total. The molecule has 0 aromatic carbocycles. The number of nitrogens with zero attached hydrogens (tertiary/aromatic N) is 1. The van der Waals surface area contributed by atoms with Crippen LogP contribution in [-0.4, -0.2) is 49.3 Å². The summed E-state index contributed by atoms with van der Waals surface area (Å²) < 4.78 is 5.54. The number of nitrogens with one attached hydrogen (secondary N) is 1. The van der Waals surface area contributed by atoms with Gasteiger partial charge in [0.1, 0.15) is 0 Å². The van der Waals surface area contributed by atoms with Crippen molar-refractivity contribution in [2.24, 2.45) is 0 Å². The lowest BCUT2D eigenvalue weighted by Gasteiger charge is -2.27. The van der Waals surface area contributed by atoms with Gasteiger partial charge in [-0.2, -0.15) is 0 Å². The molecule has 0 amide bonds. The van der Waals surface area contributed by atoms with Gasteiger partial charge in [0.2, 0.25) is 0 Å². The minimum Gasteiger partial charge on any atom is -0.377 e. The van der Waals surface area contributed by atoms with E-state index in [1.807, 2.05) is 0 Å². The molecule has 0 spiro atoms. The molecule has 1 aliphatic carbocycles. The van der Waals surface area contributed by atoms with Crippen LogP contribution in [0.15, 0.2) is 0 Å². The van der Waals surface area contributed by atoms with E-state index in [0.29, 0.717) is 18.2 Å². The van der Waals surface area contributed by atoms with Crippen LogP contribution in [0.2, 0.25) is 0 Å². The Morgan fingerprint density at radius 1 is 1.40 bits per heavy atom. The first kappa shape index (κ1) is 11.4. The van der Waals surface area contributed by atoms with Crippen LogP contribution in [0.1, 0.15) is 33.1 Å².